The minimum atomic E-state index is 0.715. The SMILES string of the molecule is Nc1cnc(NCCc2ncn[nH]2)s1. The van der Waals surface area contributed by atoms with E-state index in [0.29, 0.717) is 5.00 Å². The van der Waals surface area contributed by atoms with E-state index in [9.17, 15) is 0 Å². The summed E-state index contributed by atoms with van der Waals surface area (Å²) in [6.45, 7) is 0.766. The number of aromatic nitrogens is 4. The van der Waals surface area contributed by atoms with E-state index in [1.54, 1.807) is 6.20 Å². The molecule has 0 aliphatic rings. The molecule has 0 saturated heterocycles. The number of hydrogen-bond acceptors (Lipinski definition) is 6. The molecule has 0 atom stereocenters. The Kier molecular flexibility index (Phi) is 2.59. The zero-order valence-corrected chi connectivity index (χ0v) is 8.21. The molecule has 0 spiro atoms. The molecular formula is C7H10N6S. The summed E-state index contributed by atoms with van der Waals surface area (Å²) in [5.74, 6) is 0.863. The van der Waals surface area contributed by atoms with E-state index in [2.05, 4.69) is 25.5 Å². The second kappa shape index (κ2) is 4.05. The van der Waals surface area contributed by atoms with E-state index < -0.39 is 0 Å². The molecular weight excluding hydrogens is 200 g/mol. The van der Waals surface area contributed by atoms with Crippen LogP contribution in [0.25, 0.3) is 0 Å². The van der Waals surface area contributed by atoms with Crippen LogP contribution >= 0.6 is 11.3 Å². The summed E-state index contributed by atoms with van der Waals surface area (Å²) < 4.78 is 0. The van der Waals surface area contributed by atoms with Crippen LogP contribution in [-0.4, -0.2) is 26.7 Å². The molecule has 0 amide bonds. The lowest BCUT2D eigenvalue weighted by molar-refractivity contribution is 0.900. The summed E-state index contributed by atoms with van der Waals surface area (Å²) in [5, 5.41) is 11.2. The molecule has 74 valence electrons. The van der Waals surface area contributed by atoms with Crippen molar-refractivity contribution in [3.63, 3.8) is 0 Å². The smallest absolute Gasteiger partial charge is 0.184 e. The van der Waals surface area contributed by atoms with Crippen molar-refractivity contribution < 1.29 is 0 Å². The van der Waals surface area contributed by atoms with Gasteiger partial charge >= 0.3 is 0 Å². The van der Waals surface area contributed by atoms with Crippen LogP contribution in [0.4, 0.5) is 10.1 Å². The van der Waals surface area contributed by atoms with Crippen LogP contribution in [0.15, 0.2) is 12.5 Å². The van der Waals surface area contributed by atoms with Crippen LogP contribution in [0.2, 0.25) is 0 Å². The second-order valence-corrected chi connectivity index (χ2v) is 3.74. The van der Waals surface area contributed by atoms with Crippen molar-refractivity contribution in [3.05, 3.63) is 18.3 Å². The van der Waals surface area contributed by atoms with E-state index in [1.165, 1.54) is 17.7 Å². The quantitative estimate of drug-likeness (QED) is 0.683. The van der Waals surface area contributed by atoms with Crippen molar-refractivity contribution in [3.8, 4) is 0 Å². The van der Waals surface area contributed by atoms with Gasteiger partial charge in [-0.3, -0.25) is 5.10 Å². The third-order valence-electron chi connectivity index (χ3n) is 1.63. The predicted octanol–water partition coefficient (Wildman–Crippen LogP) is 0.498. The molecule has 4 N–H and O–H groups in total. The highest BCUT2D eigenvalue weighted by Gasteiger charge is 1.98. The van der Waals surface area contributed by atoms with Crippen molar-refractivity contribution in [2.75, 3.05) is 17.6 Å². The monoisotopic (exact) mass is 210 g/mol. The molecule has 2 aromatic rings. The molecule has 6 nitrogen and oxygen atoms in total. The van der Waals surface area contributed by atoms with Crippen molar-refractivity contribution in [2.24, 2.45) is 0 Å². The molecule has 0 bridgehead atoms. The van der Waals surface area contributed by atoms with E-state index >= 15 is 0 Å². The van der Waals surface area contributed by atoms with Crippen LogP contribution in [0.5, 0.6) is 0 Å². The first kappa shape index (κ1) is 8.95. The number of nitrogens with zero attached hydrogens (tertiary/aromatic N) is 3. The number of H-pyrrole nitrogens is 1. The topological polar surface area (TPSA) is 92.5 Å². The van der Waals surface area contributed by atoms with Gasteiger partial charge in [0.15, 0.2) is 5.13 Å². The van der Waals surface area contributed by atoms with Crippen LogP contribution < -0.4 is 11.1 Å². The van der Waals surface area contributed by atoms with Crippen molar-refractivity contribution in [1.82, 2.24) is 20.2 Å². The number of thiazole rings is 1. The lowest BCUT2D eigenvalue weighted by Gasteiger charge is -1.98. The zero-order valence-electron chi connectivity index (χ0n) is 7.40. The first-order valence-corrected chi connectivity index (χ1v) is 4.95. The standard InChI is InChI=1S/C7H10N6S/c8-5-3-10-7(14-5)9-2-1-6-11-4-12-13-6/h3-4H,1-2,8H2,(H,9,10)(H,11,12,13). The third kappa shape index (κ3) is 2.19. The second-order valence-electron chi connectivity index (χ2n) is 2.68. The first-order chi connectivity index (χ1) is 6.84. The fourth-order valence-electron chi connectivity index (χ4n) is 1.01. The largest absolute Gasteiger partial charge is 0.389 e. The van der Waals surface area contributed by atoms with Gasteiger partial charge < -0.3 is 11.1 Å². The maximum Gasteiger partial charge on any atom is 0.184 e. The molecule has 0 aliphatic carbocycles. The van der Waals surface area contributed by atoms with Gasteiger partial charge in [-0.25, -0.2) is 9.97 Å². The highest BCUT2D eigenvalue weighted by atomic mass is 32.1. The maximum absolute atomic E-state index is 5.53. The van der Waals surface area contributed by atoms with Gasteiger partial charge in [0.25, 0.3) is 0 Å². The Morgan fingerprint density at radius 1 is 1.50 bits per heavy atom. The lowest BCUT2D eigenvalue weighted by atomic mass is 10.4. The van der Waals surface area contributed by atoms with Crippen LogP contribution in [0.3, 0.4) is 0 Å². The molecule has 0 unspecified atom stereocenters. The molecule has 7 heteroatoms. The van der Waals surface area contributed by atoms with Gasteiger partial charge in [0.05, 0.1) is 6.20 Å². The predicted molar refractivity (Wildman–Crippen MR) is 55.1 cm³/mol. The van der Waals surface area contributed by atoms with E-state index in [4.69, 9.17) is 5.73 Å². The molecule has 2 heterocycles. The van der Waals surface area contributed by atoms with Gasteiger partial charge in [-0.15, -0.1) is 0 Å². The Hall–Kier alpha value is -1.63. The molecule has 2 rings (SSSR count). The zero-order chi connectivity index (χ0) is 9.80. The van der Waals surface area contributed by atoms with Crippen molar-refractivity contribution in [1.29, 1.82) is 0 Å². The summed E-state index contributed by atoms with van der Waals surface area (Å²) in [6.07, 6.45) is 3.93. The van der Waals surface area contributed by atoms with Crippen molar-refractivity contribution in [2.45, 2.75) is 6.42 Å². The minimum Gasteiger partial charge on any atom is -0.389 e. The molecule has 0 saturated carbocycles. The highest BCUT2D eigenvalue weighted by molar-refractivity contribution is 7.19. The Morgan fingerprint density at radius 2 is 2.43 bits per heavy atom. The van der Waals surface area contributed by atoms with Crippen LogP contribution in [0.1, 0.15) is 5.82 Å². The average molecular weight is 210 g/mol. The number of hydrogen-bond donors (Lipinski definition) is 3. The number of rotatable bonds is 4. The number of nitrogen functional groups attached to an aromatic ring is 1. The van der Waals surface area contributed by atoms with Gasteiger partial charge in [-0.05, 0) is 0 Å². The molecule has 0 radical (unpaired) electrons. The fourth-order valence-corrected chi connectivity index (χ4v) is 1.62. The number of aromatic amines is 1. The lowest BCUT2D eigenvalue weighted by Crippen LogP contribution is -2.05. The van der Waals surface area contributed by atoms with Gasteiger partial charge in [0, 0.05) is 13.0 Å². The Balaban J connectivity index is 1.78. The van der Waals surface area contributed by atoms with Gasteiger partial charge in [0.1, 0.15) is 17.2 Å². The molecule has 0 fully saturated rings. The van der Waals surface area contributed by atoms with Gasteiger partial charge in [0.2, 0.25) is 0 Å². The molecule has 0 aliphatic heterocycles. The third-order valence-corrected chi connectivity index (χ3v) is 2.41. The van der Waals surface area contributed by atoms with E-state index in [0.717, 1.165) is 23.9 Å². The summed E-state index contributed by atoms with van der Waals surface area (Å²) in [5.41, 5.74) is 5.53. The van der Waals surface area contributed by atoms with E-state index in [1.807, 2.05) is 0 Å². The Labute approximate surface area is 84.6 Å². The fraction of sp³-hybridized carbons (Fsp3) is 0.286. The van der Waals surface area contributed by atoms with Crippen molar-refractivity contribution >= 4 is 21.5 Å². The average Bonchev–Trinajstić information content (AvgIpc) is 2.77. The van der Waals surface area contributed by atoms with Gasteiger partial charge in [-0.2, -0.15) is 5.10 Å². The Bertz CT molecular complexity index is 381. The molecule has 0 aromatic carbocycles. The van der Waals surface area contributed by atoms with E-state index in [-0.39, 0.29) is 0 Å². The Morgan fingerprint density at radius 3 is 3.07 bits per heavy atom. The number of nitrogens with two attached hydrogens (primary N) is 1. The first-order valence-electron chi connectivity index (χ1n) is 4.14. The summed E-state index contributed by atoms with van der Waals surface area (Å²) >= 11 is 1.43. The normalized spacial score (nSPS) is 10.3. The van der Waals surface area contributed by atoms with Crippen LogP contribution in [-0.2, 0) is 6.42 Å². The number of nitrogens with one attached hydrogen (secondary N) is 2. The van der Waals surface area contributed by atoms with Gasteiger partial charge in [-0.1, -0.05) is 11.3 Å². The summed E-state index contributed by atoms with van der Waals surface area (Å²) in [6, 6.07) is 0. The molecule has 14 heavy (non-hydrogen) atoms. The highest BCUT2D eigenvalue weighted by Crippen LogP contribution is 2.18. The summed E-state index contributed by atoms with van der Waals surface area (Å²) in [4.78, 5) is 8.08. The maximum atomic E-state index is 5.53. The minimum absolute atomic E-state index is 0.715. The number of anilines is 2. The summed E-state index contributed by atoms with van der Waals surface area (Å²) in [7, 11) is 0. The molecule has 2 aromatic heterocycles. The van der Waals surface area contributed by atoms with Crippen LogP contribution in [0, 0.1) is 0 Å².